The Labute approximate surface area is 106 Å². The molecule has 0 spiro atoms. The molecule has 0 radical (unpaired) electrons. The molecule has 94 valence electrons. The largest absolute Gasteiger partial charge is 0.326 e. The number of rotatable bonds is 1. The van der Waals surface area contributed by atoms with E-state index < -0.39 is 0 Å². The Morgan fingerprint density at radius 2 is 2.39 bits per heavy atom. The minimum atomic E-state index is -0.162. The van der Waals surface area contributed by atoms with Gasteiger partial charge in [0.05, 0.1) is 11.6 Å². The van der Waals surface area contributed by atoms with Crippen LogP contribution in [0.5, 0.6) is 0 Å². The van der Waals surface area contributed by atoms with Gasteiger partial charge in [-0.3, -0.25) is 0 Å². The molecule has 2 amide bonds. The molecule has 2 unspecified atom stereocenters. The van der Waals surface area contributed by atoms with E-state index in [1.54, 1.807) is 29.2 Å². The molecule has 0 aromatic heterocycles. The number of benzene rings is 1. The molecule has 1 fully saturated rings. The molecule has 3 N–H and O–H groups in total. The van der Waals surface area contributed by atoms with Crippen molar-refractivity contribution in [3.05, 3.63) is 29.8 Å². The van der Waals surface area contributed by atoms with E-state index in [0.717, 1.165) is 6.42 Å². The number of hydrogen-bond acceptors (Lipinski definition) is 3. The van der Waals surface area contributed by atoms with Crippen molar-refractivity contribution in [2.45, 2.75) is 25.4 Å². The smallest absolute Gasteiger partial charge is 0.322 e. The van der Waals surface area contributed by atoms with E-state index >= 15 is 0 Å². The van der Waals surface area contributed by atoms with E-state index in [1.165, 1.54) is 0 Å². The second-order valence-electron chi connectivity index (χ2n) is 4.51. The summed E-state index contributed by atoms with van der Waals surface area (Å²) in [7, 11) is 0. The predicted octanol–water partition coefficient (Wildman–Crippen LogP) is 1.51. The number of amides is 2. The number of nitriles is 1. The van der Waals surface area contributed by atoms with Crippen molar-refractivity contribution in [3.63, 3.8) is 0 Å². The molecule has 0 aliphatic carbocycles. The van der Waals surface area contributed by atoms with Crippen molar-refractivity contribution in [2.24, 2.45) is 5.73 Å². The number of carbonyl (C=O) groups excluding carboxylic acids is 1. The summed E-state index contributed by atoms with van der Waals surface area (Å²) in [6, 6.07) is 8.82. The van der Waals surface area contributed by atoms with Gasteiger partial charge >= 0.3 is 6.03 Å². The molecule has 1 aromatic rings. The molecule has 1 saturated heterocycles. The Hall–Kier alpha value is -2.06. The molecule has 5 nitrogen and oxygen atoms in total. The van der Waals surface area contributed by atoms with Gasteiger partial charge < -0.3 is 16.0 Å². The summed E-state index contributed by atoms with van der Waals surface area (Å²) >= 11 is 0. The van der Waals surface area contributed by atoms with Crippen molar-refractivity contribution >= 4 is 11.7 Å². The number of carbonyl (C=O) groups is 1. The maximum absolute atomic E-state index is 12.0. The van der Waals surface area contributed by atoms with Crippen LogP contribution in [0.25, 0.3) is 0 Å². The summed E-state index contributed by atoms with van der Waals surface area (Å²) in [5, 5.41) is 11.6. The summed E-state index contributed by atoms with van der Waals surface area (Å²) in [5.41, 5.74) is 7.04. The van der Waals surface area contributed by atoms with Crippen LogP contribution in [0.15, 0.2) is 24.3 Å². The van der Waals surface area contributed by atoms with Crippen LogP contribution in [-0.2, 0) is 0 Å². The lowest BCUT2D eigenvalue weighted by atomic mass is 10.2. The van der Waals surface area contributed by atoms with E-state index in [0.29, 0.717) is 17.8 Å². The second kappa shape index (κ2) is 5.07. The van der Waals surface area contributed by atoms with Crippen LogP contribution in [0.4, 0.5) is 10.5 Å². The van der Waals surface area contributed by atoms with Gasteiger partial charge in [0.2, 0.25) is 0 Å². The van der Waals surface area contributed by atoms with Gasteiger partial charge in [-0.2, -0.15) is 5.26 Å². The van der Waals surface area contributed by atoms with Crippen molar-refractivity contribution < 1.29 is 4.79 Å². The number of urea groups is 1. The van der Waals surface area contributed by atoms with E-state index in [-0.39, 0.29) is 18.1 Å². The molecule has 0 bridgehead atoms. The SMILES string of the molecule is CC1C(N)CCN1C(=O)Nc1cccc(C#N)c1. The van der Waals surface area contributed by atoms with Crippen molar-refractivity contribution in [3.8, 4) is 6.07 Å². The van der Waals surface area contributed by atoms with Crippen LogP contribution in [0, 0.1) is 11.3 Å². The fraction of sp³-hybridized carbons (Fsp3) is 0.385. The van der Waals surface area contributed by atoms with Gasteiger partial charge in [0.15, 0.2) is 0 Å². The minimum absolute atomic E-state index is 0.0428. The molecule has 2 atom stereocenters. The van der Waals surface area contributed by atoms with Gasteiger partial charge in [-0.25, -0.2) is 4.79 Å². The molecule has 18 heavy (non-hydrogen) atoms. The molecule has 1 aromatic carbocycles. The molecule has 1 aliphatic rings. The lowest BCUT2D eigenvalue weighted by Crippen LogP contribution is -2.42. The van der Waals surface area contributed by atoms with Gasteiger partial charge in [0.1, 0.15) is 0 Å². The Balaban J connectivity index is 2.05. The first-order chi connectivity index (χ1) is 8.61. The summed E-state index contributed by atoms with van der Waals surface area (Å²) in [6.07, 6.45) is 0.826. The van der Waals surface area contributed by atoms with Crippen molar-refractivity contribution in [1.29, 1.82) is 5.26 Å². The van der Waals surface area contributed by atoms with E-state index in [9.17, 15) is 4.79 Å². The number of nitrogens with one attached hydrogen (secondary N) is 1. The zero-order valence-corrected chi connectivity index (χ0v) is 10.3. The Morgan fingerprint density at radius 3 is 3.00 bits per heavy atom. The average Bonchev–Trinajstić information content (AvgIpc) is 2.70. The van der Waals surface area contributed by atoms with Crippen LogP contribution in [0.3, 0.4) is 0 Å². The molecule has 2 rings (SSSR count). The molecule has 1 heterocycles. The van der Waals surface area contributed by atoms with Crippen LogP contribution in [-0.4, -0.2) is 29.6 Å². The van der Waals surface area contributed by atoms with E-state index in [4.69, 9.17) is 11.0 Å². The Morgan fingerprint density at radius 1 is 1.61 bits per heavy atom. The van der Waals surface area contributed by atoms with E-state index in [2.05, 4.69) is 5.32 Å². The summed E-state index contributed by atoms with van der Waals surface area (Å²) < 4.78 is 0. The quantitative estimate of drug-likeness (QED) is 0.785. The fourth-order valence-corrected chi connectivity index (χ4v) is 2.11. The predicted molar refractivity (Wildman–Crippen MR) is 68.9 cm³/mol. The maximum Gasteiger partial charge on any atom is 0.322 e. The van der Waals surface area contributed by atoms with Gasteiger partial charge in [-0.15, -0.1) is 0 Å². The van der Waals surface area contributed by atoms with Crippen LogP contribution in [0.2, 0.25) is 0 Å². The summed E-state index contributed by atoms with van der Waals surface area (Å²) in [4.78, 5) is 13.8. The van der Waals surface area contributed by atoms with Crippen LogP contribution in [0.1, 0.15) is 18.9 Å². The molecular formula is C13H16N4O. The Bertz CT molecular complexity index is 494. The number of hydrogen-bond donors (Lipinski definition) is 2. The third-order valence-electron chi connectivity index (χ3n) is 3.32. The first-order valence-corrected chi connectivity index (χ1v) is 5.95. The average molecular weight is 244 g/mol. The first kappa shape index (κ1) is 12.4. The number of likely N-dealkylation sites (tertiary alicyclic amines) is 1. The number of anilines is 1. The molecular weight excluding hydrogens is 228 g/mol. The highest BCUT2D eigenvalue weighted by molar-refractivity contribution is 5.90. The maximum atomic E-state index is 12.0. The van der Waals surface area contributed by atoms with E-state index in [1.807, 2.05) is 13.0 Å². The zero-order valence-electron chi connectivity index (χ0n) is 10.3. The molecule has 1 aliphatic heterocycles. The highest BCUT2D eigenvalue weighted by Gasteiger charge is 2.31. The normalized spacial score (nSPS) is 22.6. The number of nitrogens with zero attached hydrogens (tertiary/aromatic N) is 2. The lowest BCUT2D eigenvalue weighted by Gasteiger charge is -2.23. The summed E-state index contributed by atoms with van der Waals surface area (Å²) in [5.74, 6) is 0. The zero-order chi connectivity index (χ0) is 13.1. The van der Waals surface area contributed by atoms with Crippen molar-refractivity contribution in [2.75, 3.05) is 11.9 Å². The topological polar surface area (TPSA) is 82.2 Å². The monoisotopic (exact) mass is 244 g/mol. The molecule has 0 saturated carbocycles. The Kier molecular flexibility index (Phi) is 3.49. The third kappa shape index (κ3) is 2.44. The second-order valence-corrected chi connectivity index (χ2v) is 4.51. The first-order valence-electron chi connectivity index (χ1n) is 5.95. The summed E-state index contributed by atoms with van der Waals surface area (Å²) in [6.45, 7) is 2.62. The number of nitrogens with two attached hydrogens (primary N) is 1. The molecule has 5 heteroatoms. The van der Waals surface area contributed by atoms with Gasteiger partial charge in [-0.05, 0) is 31.5 Å². The fourth-order valence-electron chi connectivity index (χ4n) is 2.11. The lowest BCUT2D eigenvalue weighted by molar-refractivity contribution is 0.208. The highest BCUT2D eigenvalue weighted by atomic mass is 16.2. The van der Waals surface area contributed by atoms with Gasteiger partial charge in [0.25, 0.3) is 0 Å². The minimum Gasteiger partial charge on any atom is -0.326 e. The standard InChI is InChI=1S/C13H16N4O/c1-9-12(15)5-6-17(9)13(18)16-11-4-2-3-10(7-11)8-14/h2-4,7,9,12H,5-6,15H2,1H3,(H,16,18). The van der Waals surface area contributed by atoms with Crippen LogP contribution < -0.4 is 11.1 Å². The van der Waals surface area contributed by atoms with Crippen LogP contribution >= 0.6 is 0 Å². The van der Waals surface area contributed by atoms with Gasteiger partial charge in [0, 0.05) is 24.3 Å². The van der Waals surface area contributed by atoms with Gasteiger partial charge in [-0.1, -0.05) is 6.07 Å². The highest BCUT2D eigenvalue weighted by Crippen LogP contribution is 2.18. The third-order valence-corrected chi connectivity index (χ3v) is 3.32. The van der Waals surface area contributed by atoms with Crippen molar-refractivity contribution in [1.82, 2.24) is 4.90 Å².